The average Bonchev–Trinajstić information content (AvgIpc) is 3.25. The quantitative estimate of drug-likeness (QED) is 0.0192. The number of phosphoric ester groups is 1. The number of aryl methyl sites for hydroxylation is 1. The van der Waals surface area contributed by atoms with Gasteiger partial charge in [-0.05, 0) is 31.9 Å². The molecule has 0 saturated carbocycles. The molecule has 1 fully saturated rings. The van der Waals surface area contributed by atoms with Crippen LogP contribution in [0, 0.1) is 6.92 Å². The number of aliphatic hydroxyl groups is 3. The van der Waals surface area contributed by atoms with Crippen LogP contribution < -0.4 is 20.7 Å². The fourth-order valence-corrected chi connectivity index (χ4v) is 7.21. The predicted octanol–water partition coefficient (Wildman–Crippen LogP) is -0.958. The summed E-state index contributed by atoms with van der Waals surface area (Å²) in [5, 5.41) is 38.2. The van der Waals surface area contributed by atoms with Gasteiger partial charge < -0.3 is 64.6 Å². The Morgan fingerprint density at radius 3 is 2.10 bits per heavy atom. The zero-order valence-corrected chi connectivity index (χ0v) is 37.2. The number of hydrogen-bond donors (Lipinski definition) is 8. The third-order valence-electron chi connectivity index (χ3n) is 8.62. The molecule has 0 bridgehead atoms. The van der Waals surface area contributed by atoms with Gasteiger partial charge in [0.05, 0.1) is 37.9 Å². The summed E-state index contributed by atoms with van der Waals surface area (Å²) in [6.45, 7) is 2.80. The van der Waals surface area contributed by atoms with Crippen molar-refractivity contribution in [2.45, 2.75) is 101 Å². The highest BCUT2D eigenvalue weighted by molar-refractivity contribution is 7.89. The maximum atomic E-state index is 13.0. The molecule has 63 heavy (non-hydrogen) atoms. The van der Waals surface area contributed by atoms with Gasteiger partial charge in [-0.2, -0.15) is 0 Å². The van der Waals surface area contributed by atoms with Crippen molar-refractivity contribution in [3.63, 3.8) is 0 Å². The maximum absolute atomic E-state index is 13.0. The average molecular weight is 945 g/mol. The number of amides is 3. The van der Waals surface area contributed by atoms with Gasteiger partial charge in [0.2, 0.25) is 21.8 Å². The molecule has 1 heterocycles. The number of ether oxygens (including phenoxy) is 6. The number of aliphatic hydroxyl groups excluding tert-OH is 3. The SMILES string of the molecule is CCC(=O)OC[C@H](COP(=O)(O)OCCNC(=O)OCCOCCCNC(=O)CCCC(=O)NCCO[C@@H]1OC(CO)[C@@H](O)[C@H](O)C1NS(=O)(=O)c1ccc(C)cc1)OC(=O)CC. The molecule has 0 spiro atoms. The van der Waals surface area contributed by atoms with Crippen molar-refractivity contribution >= 4 is 47.7 Å². The summed E-state index contributed by atoms with van der Waals surface area (Å²) < 4.78 is 81.3. The van der Waals surface area contributed by atoms with Crippen LogP contribution in [0.1, 0.15) is 57.9 Å². The number of benzene rings is 1. The Hall–Kier alpha value is -3.85. The largest absolute Gasteiger partial charge is 0.472 e. The number of esters is 2. The molecule has 360 valence electrons. The van der Waals surface area contributed by atoms with E-state index >= 15 is 0 Å². The molecule has 0 aromatic heterocycles. The Morgan fingerprint density at radius 2 is 1.44 bits per heavy atom. The van der Waals surface area contributed by atoms with Crippen LogP contribution in [0.5, 0.6) is 0 Å². The summed E-state index contributed by atoms with van der Waals surface area (Å²) in [6, 6.07) is 4.47. The maximum Gasteiger partial charge on any atom is 0.472 e. The van der Waals surface area contributed by atoms with E-state index < -0.39 is 92.4 Å². The van der Waals surface area contributed by atoms with Crippen LogP contribution in [-0.4, -0.2) is 168 Å². The Bertz CT molecular complexity index is 1720. The van der Waals surface area contributed by atoms with E-state index in [1.165, 1.54) is 19.1 Å². The lowest BCUT2D eigenvalue weighted by atomic mass is 9.98. The van der Waals surface area contributed by atoms with E-state index in [0.717, 1.165) is 5.56 Å². The lowest BCUT2D eigenvalue weighted by Crippen LogP contribution is -2.64. The number of hydrogen-bond acceptors (Lipinski definition) is 19. The number of alkyl carbamates (subject to hydrolysis) is 1. The second-order valence-electron chi connectivity index (χ2n) is 13.7. The van der Waals surface area contributed by atoms with Gasteiger partial charge >= 0.3 is 25.9 Å². The molecule has 0 aliphatic carbocycles. The summed E-state index contributed by atoms with van der Waals surface area (Å²) in [6.07, 6.45) is -7.13. The van der Waals surface area contributed by atoms with Crippen molar-refractivity contribution in [1.82, 2.24) is 20.7 Å². The molecule has 1 aromatic rings. The van der Waals surface area contributed by atoms with Gasteiger partial charge in [0.15, 0.2) is 12.4 Å². The molecule has 8 N–H and O–H groups in total. The molecular formula is C37H61N4O20PS. The van der Waals surface area contributed by atoms with Gasteiger partial charge in [-0.3, -0.25) is 28.2 Å². The number of nitrogens with one attached hydrogen (secondary N) is 4. The lowest BCUT2D eigenvalue weighted by molar-refractivity contribution is -0.267. The van der Waals surface area contributed by atoms with Crippen LogP contribution in [0.15, 0.2) is 29.2 Å². The van der Waals surface area contributed by atoms with Crippen molar-refractivity contribution < 1.29 is 94.6 Å². The van der Waals surface area contributed by atoms with E-state index in [-0.39, 0.29) is 101 Å². The zero-order valence-electron chi connectivity index (χ0n) is 35.5. The standard InChI is InChI=1S/C37H61N4O20PS/c1-4-31(45)57-23-26(60-32(46)5-2)24-59-62(50,51)58-19-16-40-37(49)56-21-20-54-17-7-14-38-29(43)8-6-9-30(44)39-15-18-55-36-33(35(48)34(47)28(22-42)61-36)41-63(52,53)27-12-10-25(3)11-13-27/h10-13,26,28,33-36,41-42,47-48H,4-9,14-24H2,1-3H3,(H,38,43)(H,39,44)(H,40,49)(H,50,51)/t26-,28?,33?,34-,35-,36-/m1/s1. The fraction of sp³-hybridized carbons (Fsp3) is 0.703. The predicted molar refractivity (Wildman–Crippen MR) is 217 cm³/mol. The van der Waals surface area contributed by atoms with Crippen molar-refractivity contribution in [3.05, 3.63) is 29.8 Å². The van der Waals surface area contributed by atoms with Gasteiger partial charge in [0.25, 0.3) is 0 Å². The van der Waals surface area contributed by atoms with Gasteiger partial charge in [-0.1, -0.05) is 31.5 Å². The first kappa shape index (κ1) is 55.3. The molecule has 24 nitrogen and oxygen atoms in total. The number of carbonyl (C=O) groups is 5. The van der Waals surface area contributed by atoms with Crippen molar-refractivity contribution in [1.29, 1.82) is 0 Å². The molecule has 2 rings (SSSR count). The Labute approximate surface area is 365 Å². The van der Waals surface area contributed by atoms with Crippen molar-refractivity contribution in [2.24, 2.45) is 0 Å². The highest BCUT2D eigenvalue weighted by Crippen LogP contribution is 2.43. The monoisotopic (exact) mass is 944 g/mol. The summed E-state index contributed by atoms with van der Waals surface area (Å²) in [5.41, 5.74) is 0.825. The number of carbonyl (C=O) groups excluding carboxylic acids is 5. The third-order valence-corrected chi connectivity index (χ3v) is 11.1. The van der Waals surface area contributed by atoms with Gasteiger partial charge in [0, 0.05) is 51.9 Å². The van der Waals surface area contributed by atoms with Gasteiger partial charge in [-0.15, -0.1) is 0 Å². The second kappa shape index (κ2) is 29.6. The molecule has 1 aromatic carbocycles. The normalized spacial score (nSPS) is 20.1. The van der Waals surface area contributed by atoms with E-state index in [2.05, 4.69) is 20.7 Å². The highest BCUT2D eigenvalue weighted by atomic mass is 32.2. The summed E-state index contributed by atoms with van der Waals surface area (Å²) in [7, 11) is -8.80. The molecule has 1 saturated heterocycles. The minimum Gasteiger partial charge on any atom is -0.462 e. The number of rotatable bonds is 31. The molecule has 0 radical (unpaired) electrons. The summed E-state index contributed by atoms with van der Waals surface area (Å²) in [5.74, 6) is -1.88. The minimum atomic E-state index is -4.62. The first-order valence-corrected chi connectivity index (χ1v) is 23.2. The Morgan fingerprint density at radius 1 is 0.794 bits per heavy atom. The van der Waals surface area contributed by atoms with Crippen LogP contribution in [0.25, 0.3) is 0 Å². The molecule has 1 aliphatic heterocycles. The first-order chi connectivity index (χ1) is 29.9. The topological polar surface area (TPSA) is 339 Å². The zero-order chi connectivity index (χ0) is 46.8. The van der Waals surface area contributed by atoms with Gasteiger partial charge in [0.1, 0.15) is 37.6 Å². The second-order valence-corrected chi connectivity index (χ2v) is 16.9. The third kappa shape index (κ3) is 22.6. The van der Waals surface area contributed by atoms with Crippen LogP contribution in [0.4, 0.5) is 4.79 Å². The molecular weight excluding hydrogens is 883 g/mol. The molecule has 7 atom stereocenters. The minimum absolute atomic E-state index is 0.0170. The van der Waals surface area contributed by atoms with E-state index in [9.17, 15) is 57.2 Å². The Kier molecular flexibility index (Phi) is 25.9. The van der Waals surface area contributed by atoms with Crippen molar-refractivity contribution in [2.75, 3.05) is 72.5 Å². The summed E-state index contributed by atoms with van der Waals surface area (Å²) in [4.78, 5) is 69.1. The molecule has 3 amide bonds. The number of phosphoric acid groups is 1. The number of sulfonamides is 1. The molecule has 3 unspecified atom stereocenters. The van der Waals surface area contributed by atoms with E-state index in [1.807, 2.05) is 0 Å². The van der Waals surface area contributed by atoms with Crippen LogP contribution in [0.2, 0.25) is 0 Å². The van der Waals surface area contributed by atoms with Crippen molar-refractivity contribution in [3.8, 4) is 0 Å². The van der Waals surface area contributed by atoms with E-state index in [4.69, 9.17) is 37.5 Å². The molecule has 26 heteroatoms. The van der Waals surface area contributed by atoms with Crippen LogP contribution in [-0.2, 0) is 71.2 Å². The van der Waals surface area contributed by atoms with E-state index in [0.29, 0.717) is 6.42 Å². The lowest BCUT2D eigenvalue weighted by Gasteiger charge is -2.42. The van der Waals surface area contributed by atoms with Gasteiger partial charge in [-0.25, -0.2) is 22.5 Å². The summed E-state index contributed by atoms with van der Waals surface area (Å²) >= 11 is 0. The smallest absolute Gasteiger partial charge is 0.462 e. The van der Waals surface area contributed by atoms with Crippen LogP contribution in [0.3, 0.4) is 0 Å². The Balaban J connectivity index is 1.53. The molecule has 1 aliphatic rings. The first-order valence-electron chi connectivity index (χ1n) is 20.2. The highest BCUT2D eigenvalue weighted by Gasteiger charge is 2.46. The van der Waals surface area contributed by atoms with Crippen LogP contribution >= 0.6 is 7.82 Å². The fourth-order valence-electron chi connectivity index (χ4n) is 5.22. The van der Waals surface area contributed by atoms with E-state index in [1.54, 1.807) is 26.0 Å².